The van der Waals surface area contributed by atoms with Crippen molar-refractivity contribution < 1.29 is 14.3 Å². The molecule has 1 N–H and O–H groups in total. The summed E-state index contributed by atoms with van der Waals surface area (Å²) in [6.45, 7) is 2.29. The Bertz CT molecular complexity index is 454. The molecule has 90 valence electrons. The highest BCUT2D eigenvalue weighted by Crippen LogP contribution is 2.34. The summed E-state index contributed by atoms with van der Waals surface area (Å²) < 4.78 is 10.5. The van der Waals surface area contributed by atoms with Crippen LogP contribution in [0.4, 0.5) is 0 Å². The van der Waals surface area contributed by atoms with Crippen molar-refractivity contribution in [1.29, 1.82) is 0 Å². The molecule has 3 rings (SSSR count). The molecule has 0 spiro atoms. The molecular weight excluding hydrogens is 218 g/mol. The van der Waals surface area contributed by atoms with Gasteiger partial charge in [-0.25, -0.2) is 0 Å². The summed E-state index contributed by atoms with van der Waals surface area (Å²) in [5, 5.41) is 3.01. The fourth-order valence-corrected chi connectivity index (χ4v) is 2.04. The Morgan fingerprint density at radius 3 is 2.88 bits per heavy atom. The molecule has 0 bridgehead atoms. The minimum atomic E-state index is -0.0392. The van der Waals surface area contributed by atoms with Crippen LogP contribution in [-0.4, -0.2) is 18.7 Å². The Balaban J connectivity index is 1.72. The van der Waals surface area contributed by atoms with Gasteiger partial charge in [-0.15, -0.1) is 0 Å². The van der Waals surface area contributed by atoms with E-state index in [0.29, 0.717) is 23.0 Å². The van der Waals surface area contributed by atoms with Gasteiger partial charge in [0.2, 0.25) is 6.79 Å². The lowest BCUT2D eigenvalue weighted by atomic mass is 10.1. The third-order valence-corrected chi connectivity index (χ3v) is 3.32. The van der Waals surface area contributed by atoms with Crippen LogP contribution in [0.1, 0.15) is 30.1 Å². The number of benzene rings is 1. The van der Waals surface area contributed by atoms with Gasteiger partial charge < -0.3 is 14.8 Å². The Morgan fingerprint density at radius 1 is 1.35 bits per heavy atom. The van der Waals surface area contributed by atoms with Crippen LogP contribution < -0.4 is 14.8 Å². The minimum Gasteiger partial charge on any atom is -0.454 e. The maximum Gasteiger partial charge on any atom is 0.251 e. The number of carbonyl (C=O) groups excluding carboxylic acids is 1. The van der Waals surface area contributed by atoms with Gasteiger partial charge in [0.1, 0.15) is 0 Å². The number of carbonyl (C=O) groups is 1. The van der Waals surface area contributed by atoms with Gasteiger partial charge in [0.15, 0.2) is 11.5 Å². The molecule has 1 fully saturated rings. The maximum atomic E-state index is 12.0. The van der Waals surface area contributed by atoms with Crippen LogP contribution in [0.2, 0.25) is 0 Å². The molecule has 0 aromatic heterocycles. The zero-order chi connectivity index (χ0) is 11.8. The highest BCUT2D eigenvalue weighted by Gasteiger charge is 2.29. The van der Waals surface area contributed by atoms with Crippen molar-refractivity contribution in [3.05, 3.63) is 23.8 Å². The van der Waals surface area contributed by atoms with Gasteiger partial charge in [0.25, 0.3) is 5.91 Å². The molecule has 1 heterocycles. The Labute approximate surface area is 99.9 Å². The highest BCUT2D eigenvalue weighted by molar-refractivity contribution is 5.95. The molecule has 1 aliphatic heterocycles. The Morgan fingerprint density at radius 2 is 2.12 bits per heavy atom. The van der Waals surface area contributed by atoms with Crippen LogP contribution in [0.3, 0.4) is 0 Å². The monoisotopic (exact) mass is 233 g/mol. The zero-order valence-corrected chi connectivity index (χ0v) is 9.73. The van der Waals surface area contributed by atoms with Crippen molar-refractivity contribution in [3.63, 3.8) is 0 Å². The summed E-state index contributed by atoms with van der Waals surface area (Å²) >= 11 is 0. The van der Waals surface area contributed by atoms with E-state index in [4.69, 9.17) is 9.47 Å². The lowest BCUT2D eigenvalue weighted by molar-refractivity contribution is 0.0935. The Hall–Kier alpha value is -1.71. The Kier molecular flexibility index (Phi) is 2.42. The number of amides is 1. The average molecular weight is 233 g/mol. The molecule has 1 atom stereocenters. The van der Waals surface area contributed by atoms with Crippen molar-refractivity contribution in [2.24, 2.45) is 5.92 Å². The van der Waals surface area contributed by atoms with Crippen LogP contribution in [0.25, 0.3) is 0 Å². The van der Waals surface area contributed by atoms with E-state index < -0.39 is 0 Å². The fraction of sp³-hybridized carbons (Fsp3) is 0.462. The van der Waals surface area contributed by atoms with Gasteiger partial charge in [-0.05, 0) is 43.9 Å². The zero-order valence-electron chi connectivity index (χ0n) is 9.73. The van der Waals surface area contributed by atoms with Crippen molar-refractivity contribution in [3.8, 4) is 11.5 Å². The second-order valence-electron chi connectivity index (χ2n) is 4.67. The SMILES string of the molecule is CC(NC(=O)c1ccc2c(c1)OCO2)C1CC1. The topological polar surface area (TPSA) is 47.6 Å². The first-order valence-electron chi connectivity index (χ1n) is 5.94. The molecule has 4 heteroatoms. The van der Waals surface area contributed by atoms with E-state index in [1.807, 2.05) is 0 Å². The van der Waals surface area contributed by atoms with Crippen LogP contribution in [0.5, 0.6) is 11.5 Å². The number of rotatable bonds is 3. The lowest BCUT2D eigenvalue weighted by Gasteiger charge is -2.12. The number of ether oxygens (including phenoxy) is 2. The molecule has 2 aliphatic rings. The molecule has 4 nitrogen and oxygen atoms in total. The summed E-state index contributed by atoms with van der Waals surface area (Å²) in [5.74, 6) is 1.98. The third-order valence-electron chi connectivity index (χ3n) is 3.32. The van der Waals surface area contributed by atoms with Crippen LogP contribution in [0, 0.1) is 5.92 Å². The molecule has 0 saturated heterocycles. The van der Waals surface area contributed by atoms with E-state index in [-0.39, 0.29) is 18.7 Å². The van der Waals surface area contributed by atoms with Gasteiger partial charge in [0, 0.05) is 11.6 Å². The van der Waals surface area contributed by atoms with Crippen LogP contribution in [-0.2, 0) is 0 Å². The molecule has 1 unspecified atom stereocenters. The van der Waals surface area contributed by atoms with Gasteiger partial charge in [-0.2, -0.15) is 0 Å². The number of nitrogens with one attached hydrogen (secondary N) is 1. The molecule has 0 radical (unpaired) electrons. The summed E-state index contributed by atoms with van der Waals surface area (Å²) in [4.78, 5) is 12.0. The van der Waals surface area contributed by atoms with E-state index in [1.165, 1.54) is 12.8 Å². The maximum absolute atomic E-state index is 12.0. The van der Waals surface area contributed by atoms with E-state index >= 15 is 0 Å². The van der Waals surface area contributed by atoms with Gasteiger partial charge in [-0.3, -0.25) is 4.79 Å². The van der Waals surface area contributed by atoms with Gasteiger partial charge in [0.05, 0.1) is 0 Å². The predicted molar refractivity (Wildman–Crippen MR) is 62.2 cm³/mol. The summed E-state index contributed by atoms with van der Waals surface area (Å²) in [6.07, 6.45) is 2.45. The third kappa shape index (κ3) is 2.07. The van der Waals surface area contributed by atoms with E-state index in [2.05, 4.69) is 12.2 Å². The van der Waals surface area contributed by atoms with Crippen molar-refractivity contribution in [2.75, 3.05) is 6.79 Å². The smallest absolute Gasteiger partial charge is 0.251 e. The first-order chi connectivity index (χ1) is 8.24. The van der Waals surface area contributed by atoms with Crippen LogP contribution >= 0.6 is 0 Å². The summed E-state index contributed by atoms with van der Waals surface area (Å²) in [6, 6.07) is 5.53. The molecule has 1 aliphatic carbocycles. The second kappa shape index (κ2) is 3.95. The minimum absolute atomic E-state index is 0.0392. The number of fused-ring (bicyclic) bond motifs is 1. The molecule has 1 amide bonds. The molecule has 1 aromatic rings. The average Bonchev–Trinajstić information content (AvgIpc) is 3.07. The first-order valence-corrected chi connectivity index (χ1v) is 5.94. The highest BCUT2D eigenvalue weighted by atomic mass is 16.7. The van der Waals surface area contributed by atoms with Crippen LogP contribution in [0.15, 0.2) is 18.2 Å². The van der Waals surface area contributed by atoms with E-state index in [0.717, 1.165) is 0 Å². The summed E-state index contributed by atoms with van der Waals surface area (Å²) in [7, 11) is 0. The van der Waals surface area contributed by atoms with Crippen molar-refractivity contribution in [2.45, 2.75) is 25.8 Å². The van der Waals surface area contributed by atoms with Gasteiger partial charge in [-0.1, -0.05) is 0 Å². The number of hydrogen-bond acceptors (Lipinski definition) is 3. The fourth-order valence-electron chi connectivity index (χ4n) is 2.04. The first kappa shape index (κ1) is 10.4. The predicted octanol–water partition coefficient (Wildman–Crippen LogP) is 1.94. The van der Waals surface area contributed by atoms with E-state index in [1.54, 1.807) is 18.2 Å². The molecule has 1 aromatic carbocycles. The van der Waals surface area contributed by atoms with E-state index in [9.17, 15) is 4.79 Å². The number of hydrogen-bond donors (Lipinski definition) is 1. The quantitative estimate of drug-likeness (QED) is 0.868. The van der Waals surface area contributed by atoms with Crippen molar-refractivity contribution >= 4 is 5.91 Å². The molecule has 1 saturated carbocycles. The molecular formula is C13H15NO3. The lowest BCUT2D eigenvalue weighted by Crippen LogP contribution is -2.33. The van der Waals surface area contributed by atoms with Gasteiger partial charge >= 0.3 is 0 Å². The second-order valence-corrected chi connectivity index (χ2v) is 4.67. The van der Waals surface area contributed by atoms with Crippen molar-refractivity contribution in [1.82, 2.24) is 5.32 Å². The summed E-state index contributed by atoms with van der Waals surface area (Å²) in [5.41, 5.74) is 0.627. The normalized spacial score (nSPS) is 18.9. The molecule has 17 heavy (non-hydrogen) atoms. The largest absolute Gasteiger partial charge is 0.454 e. The standard InChI is InChI=1S/C13H15NO3/c1-8(9-2-3-9)14-13(15)10-4-5-11-12(6-10)17-7-16-11/h4-6,8-9H,2-3,7H2,1H3,(H,14,15).